The second kappa shape index (κ2) is 17.2. The zero-order valence-corrected chi connectivity index (χ0v) is 9.84. The van der Waals surface area contributed by atoms with Gasteiger partial charge < -0.3 is 29.9 Å². The number of hydrogen-bond donors (Lipinski definition) is 4. The van der Waals surface area contributed by atoms with Gasteiger partial charge in [0.15, 0.2) is 0 Å². The second-order valence-corrected chi connectivity index (χ2v) is 3.03. The van der Waals surface area contributed by atoms with Crippen LogP contribution in [0.1, 0.15) is 13.3 Å². The summed E-state index contributed by atoms with van der Waals surface area (Å²) in [6.07, 6.45) is 0.134. The monoisotopic (exact) mass is 240 g/mol. The molecule has 0 aromatic heterocycles. The van der Waals surface area contributed by atoms with E-state index in [2.05, 4.69) is 0 Å². The molecule has 0 aliphatic heterocycles. The minimum Gasteiger partial charge on any atom is -0.396 e. The van der Waals surface area contributed by atoms with Crippen LogP contribution >= 0.6 is 0 Å². The first kappa shape index (κ1) is 18.1. The Balaban J connectivity index is 0. The first-order valence-corrected chi connectivity index (χ1v) is 5.35. The van der Waals surface area contributed by atoms with Crippen molar-refractivity contribution in [3.63, 3.8) is 0 Å². The SMILES string of the molecule is CC(O)CCO.OCCOCCOCCO. The molecular formula is C10H24O6. The molecule has 6 nitrogen and oxygen atoms in total. The Morgan fingerprint density at radius 1 is 0.812 bits per heavy atom. The Bertz CT molecular complexity index is 101. The molecule has 0 rings (SSSR count). The highest BCUT2D eigenvalue weighted by Crippen LogP contribution is 1.83. The van der Waals surface area contributed by atoms with E-state index in [1.807, 2.05) is 0 Å². The number of aliphatic hydroxyl groups excluding tert-OH is 4. The van der Waals surface area contributed by atoms with Crippen LogP contribution < -0.4 is 0 Å². The summed E-state index contributed by atoms with van der Waals surface area (Å²) in [4.78, 5) is 0. The van der Waals surface area contributed by atoms with Crippen LogP contribution in [0.15, 0.2) is 0 Å². The van der Waals surface area contributed by atoms with E-state index in [-0.39, 0.29) is 25.9 Å². The third-order valence-corrected chi connectivity index (χ3v) is 1.39. The fourth-order valence-electron chi connectivity index (χ4n) is 0.638. The molecule has 0 aliphatic carbocycles. The highest BCUT2D eigenvalue weighted by atomic mass is 16.5. The Kier molecular flexibility index (Phi) is 19.5. The molecule has 1 atom stereocenters. The van der Waals surface area contributed by atoms with E-state index in [9.17, 15) is 0 Å². The van der Waals surface area contributed by atoms with Gasteiger partial charge in [0, 0.05) is 6.61 Å². The zero-order valence-electron chi connectivity index (χ0n) is 9.84. The van der Waals surface area contributed by atoms with Crippen molar-refractivity contribution in [2.45, 2.75) is 19.4 Å². The third kappa shape index (κ3) is 23.5. The minimum atomic E-state index is -0.352. The summed E-state index contributed by atoms with van der Waals surface area (Å²) >= 11 is 0. The summed E-state index contributed by atoms with van der Waals surface area (Å²) in [5.41, 5.74) is 0. The van der Waals surface area contributed by atoms with Crippen molar-refractivity contribution in [1.29, 1.82) is 0 Å². The van der Waals surface area contributed by atoms with Crippen molar-refractivity contribution in [2.75, 3.05) is 46.2 Å². The summed E-state index contributed by atoms with van der Waals surface area (Å²) in [6.45, 7) is 3.46. The molecule has 100 valence electrons. The fourth-order valence-corrected chi connectivity index (χ4v) is 0.638. The lowest BCUT2D eigenvalue weighted by molar-refractivity contribution is 0.0222. The molecule has 1 unspecified atom stereocenters. The standard InChI is InChI=1S/C6H14O4.C4H10O2/c7-1-3-9-5-6-10-4-2-8;1-4(6)2-3-5/h7-8H,1-6H2;4-6H,2-3H2,1H3. The summed E-state index contributed by atoms with van der Waals surface area (Å²) in [6, 6.07) is 0. The molecule has 4 N–H and O–H groups in total. The fraction of sp³-hybridized carbons (Fsp3) is 1.00. The molecule has 0 saturated heterocycles. The van der Waals surface area contributed by atoms with Crippen LogP contribution in [0, 0.1) is 0 Å². The van der Waals surface area contributed by atoms with Crippen molar-refractivity contribution >= 4 is 0 Å². The van der Waals surface area contributed by atoms with Gasteiger partial charge in [-0.1, -0.05) is 0 Å². The molecule has 16 heavy (non-hydrogen) atoms. The Morgan fingerprint density at radius 3 is 1.44 bits per heavy atom. The van der Waals surface area contributed by atoms with Crippen LogP contribution in [0.25, 0.3) is 0 Å². The van der Waals surface area contributed by atoms with Crippen molar-refractivity contribution in [1.82, 2.24) is 0 Å². The molecule has 0 radical (unpaired) electrons. The highest BCUT2D eigenvalue weighted by molar-refractivity contribution is 4.40. The van der Waals surface area contributed by atoms with E-state index in [1.54, 1.807) is 6.92 Å². The molecular weight excluding hydrogens is 216 g/mol. The van der Waals surface area contributed by atoms with E-state index in [0.29, 0.717) is 32.8 Å². The molecule has 0 saturated carbocycles. The van der Waals surface area contributed by atoms with Crippen LogP contribution in [0.3, 0.4) is 0 Å². The van der Waals surface area contributed by atoms with E-state index in [1.165, 1.54) is 0 Å². The van der Waals surface area contributed by atoms with Crippen molar-refractivity contribution in [2.24, 2.45) is 0 Å². The Labute approximate surface area is 96.4 Å². The van der Waals surface area contributed by atoms with E-state index in [4.69, 9.17) is 29.9 Å². The molecule has 0 amide bonds. The topological polar surface area (TPSA) is 99.4 Å². The molecule has 0 bridgehead atoms. The van der Waals surface area contributed by atoms with Crippen LogP contribution in [0.5, 0.6) is 0 Å². The Morgan fingerprint density at radius 2 is 1.25 bits per heavy atom. The molecule has 0 heterocycles. The number of aliphatic hydroxyl groups is 4. The molecule has 0 aromatic rings. The molecule has 0 aromatic carbocycles. The maximum atomic E-state index is 8.39. The van der Waals surface area contributed by atoms with Gasteiger partial charge >= 0.3 is 0 Å². The van der Waals surface area contributed by atoms with E-state index in [0.717, 1.165) is 0 Å². The largest absolute Gasteiger partial charge is 0.396 e. The van der Waals surface area contributed by atoms with Gasteiger partial charge in [0.1, 0.15) is 0 Å². The molecule has 6 heteroatoms. The first-order chi connectivity index (χ1) is 7.68. The predicted molar refractivity (Wildman–Crippen MR) is 59.2 cm³/mol. The van der Waals surface area contributed by atoms with Crippen LogP contribution in [0.2, 0.25) is 0 Å². The van der Waals surface area contributed by atoms with Crippen molar-refractivity contribution in [3.05, 3.63) is 0 Å². The quantitative estimate of drug-likeness (QED) is 0.376. The number of rotatable bonds is 9. The van der Waals surface area contributed by atoms with Gasteiger partial charge in [-0.05, 0) is 13.3 Å². The van der Waals surface area contributed by atoms with Gasteiger partial charge in [0.25, 0.3) is 0 Å². The smallest absolute Gasteiger partial charge is 0.0701 e. The minimum absolute atomic E-state index is 0.0417. The second-order valence-electron chi connectivity index (χ2n) is 3.03. The summed E-state index contributed by atoms with van der Waals surface area (Å²) in [5.74, 6) is 0. The van der Waals surface area contributed by atoms with Crippen molar-refractivity contribution < 1.29 is 29.9 Å². The average Bonchev–Trinajstić information content (AvgIpc) is 2.24. The summed E-state index contributed by atoms with van der Waals surface area (Å²) in [7, 11) is 0. The van der Waals surface area contributed by atoms with Gasteiger partial charge in [-0.3, -0.25) is 0 Å². The molecule has 0 fully saturated rings. The lowest BCUT2D eigenvalue weighted by atomic mass is 10.3. The van der Waals surface area contributed by atoms with Crippen molar-refractivity contribution in [3.8, 4) is 0 Å². The number of hydrogen-bond acceptors (Lipinski definition) is 6. The maximum absolute atomic E-state index is 8.39. The van der Waals surface area contributed by atoms with Crippen LogP contribution in [0.4, 0.5) is 0 Å². The number of ether oxygens (including phenoxy) is 2. The van der Waals surface area contributed by atoms with Gasteiger partial charge in [-0.2, -0.15) is 0 Å². The van der Waals surface area contributed by atoms with E-state index < -0.39 is 0 Å². The predicted octanol–water partition coefficient (Wildman–Crippen LogP) is -1.25. The van der Waals surface area contributed by atoms with Gasteiger partial charge in [-0.25, -0.2) is 0 Å². The van der Waals surface area contributed by atoms with Gasteiger partial charge in [0.2, 0.25) is 0 Å². The lowest BCUT2D eigenvalue weighted by Gasteiger charge is -2.01. The zero-order chi connectivity index (χ0) is 12.6. The summed E-state index contributed by atoms with van der Waals surface area (Å²) < 4.78 is 9.75. The lowest BCUT2D eigenvalue weighted by Crippen LogP contribution is -2.09. The molecule has 0 spiro atoms. The van der Waals surface area contributed by atoms with Gasteiger partial charge in [-0.15, -0.1) is 0 Å². The normalized spacial score (nSPS) is 11.8. The van der Waals surface area contributed by atoms with Gasteiger partial charge in [0.05, 0.1) is 45.7 Å². The molecule has 0 aliphatic rings. The first-order valence-electron chi connectivity index (χ1n) is 5.35. The maximum Gasteiger partial charge on any atom is 0.0701 e. The van der Waals surface area contributed by atoms with Crippen LogP contribution in [-0.2, 0) is 9.47 Å². The van der Waals surface area contributed by atoms with Crippen LogP contribution in [-0.4, -0.2) is 72.8 Å². The average molecular weight is 240 g/mol. The third-order valence-electron chi connectivity index (χ3n) is 1.39. The summed E-state index contributed by atoms with van der Waals surface area (Å²) in [5, 5.41) is 33.0. The van der Waals surface area contributed by atoms with E-state index >= 15 is 0 Å². The highest BCUT2D eigenvalue weighted by Gasteiger charge is 1.88. The Hall–Kier alpha value is -0.240.